The molecule has 232 valence electrons. The van der Waals surface area contributed by atoms with E-state index in [4.69, 9.17) is 18.9 Å². The number of aromatic hydroxyl groups is 2. The highest BCUT2D eigenvalue weighted by atomic mass is 32.2. The number of methoxy groups -OCH3 is 1. The van der Waals surface area contributed by atoms with Gasteiger partial charge in [-0.25, -0.2) is 4.79 Å². The van der Waals surface area contributed by atoms with Crippen LogP contribution in [0.5, 0.6) is 28.7 Å². The minimum Gasteiger partial charge on any atom is -0.507 e. The van der Waals surface area contributed by atoms with Crippen LogP contribution in [0.3, 0.4) is 0 Å². The number of benzene rings is 2. The minimum absolute atomic E-state index is 0.0273. The number of phenols is 2. The fraction of sp³-hybridized carbons (Fsp3) is 0.516. The Kier molecular flexibility index (Phi) is 6.80. The first-order chi connectivity index (χ1) is 21.1. The molecule has 2 aromatic carbocycles. The van der Waals surface area contributed by atoms with Crippen molar-refractivity contribution in [3.8, 4) is 34.8 Å². The number of fused-ring (bicyclic) bond motifs is 9. The fourth-order valence-electron chi connectivity index (χ4n) is 8.05. The number of carbonyl (C=O) groups excluding carboxylic acids is 2. The van der Waals surface area contributed by atoms with E-state index in [-0.39, 0.29) is 42.6 Å². The van der Waals surface area contributed by atoms with Gasteiger partial charge in [-0.15, -0.1) is 11.8 Å². The van der Waals surface area contributed by atoms with Crippen molar-refractivity contribution in [2.75, 3.05) is 33.3 Å². The Hall–Kier alpha value is -3.86. The normalized spacial score (nSPS) is 30.4. The van der Waals surface area contributed by atoms with E-state index in [9.17, 15) is 25.1 Å². The summed E-state index contributed by atoms with van der Waals surface area (Å²) in [5.41, 5.74) is 4.25. The predicted molar refractivity (Wildman–Crippen MR) is 158 cm³/mol. The zero-order chi connectivity index (χ0) is 31.2. The van der Waals surface area contributed by atoms with Crippen molar-refractivity contribution >= 4 is 23.6 Å². The molecule has 2 saturated heterocycles. The molecule has 4 bridgehead atoms. The van der Waals surface area contributed by atoms with Crippen molar-refractivity contribution < 1.29 is 38.7 Å². The molecule has 2 fully saturated rings. The van der Waals surface area contributed by atoms with E-state index in [1.807, 2.05) is 20.0 Å². The Morgan fingerprint density at radius 3 is 2.61 bits per heavy atom. The summed E-state index contributed by atoms with van der Waals surface area (Å²) in [6.07, 6.45) is 0.515. The molecule has 1 amide bonds. The smallest absolute Gasteiger partial charge is 0.329 e. The van der Waals surface area contributed by atoms with E-state index in [0.717, 1.165) is 16.7 Å². The summed E-state index contributed by atoms with van der Waals surface area (Å²) >= 11 is 1.40. The van der Waals surface area contributed by atoms with Crippen LogP contribution in [0.25, 0.3) is 0 Å². The molecule has 5 aliphatic heterocycles. The van der Waals surface area contributed by atoms with E-state index in [1.54, 1.807) is 6.92 Å². The highest BCUT2D eigenvalue weighted by Gasteiger charge is 2.60. The highest BCUT2D eigenvalue weighted by Crippen LogP contribution is 2.63. The lowest BCUT2D eigenvalue weighted by molar-refractivity contribution is -0.152. The first-order valence-electron chi connectivity index (χ1n) is 14.6. The number of thioether (sulfide) groups is 1. The van der Waals surface area contributed by atoms with E-state index >= 15 is 0 Å². The second kappa shape index (κ2) is 10.4. The molecule has 5 heterocycles. The van der Waals surface area contributed by atoms with Gasteiger partial charge in [-0.2, -0.15) is 5.26 Å². The number of rotatable bonds is 2. The quantitative estimate of drug-likeness (QED) is 0.422. The van der Waals surface area contributed by atoms with Gasteiger partial charge in [-0.3, -0.25) is 14.6 Å². The van der Waals surface area contributed by atoms with Gasteiger partial charge in [0.15, 0.2) is 23.0 Å². The molecule has 7 rings (SSSR count). The number of carbonyl (C=O) groups is 2. The van der Waals surface area contributed by atoms with Crippen LogP contribution in [-0.2, 0) is 20.7 Å². The third-order valence-corrected chi connectivity index (χ3v) is 11.2. The molecule has 0 aromatic heterocycles. The van der Waals surface area contributed by atoms with Crippen molar-refractivity contribution in [2.24, 2.45) is 0 Å². The number of aryl methyl sites for hydroxylation is 1. The Morgan fingerprint density at radius 1 is 1.16 bits per heavy atom. The molecule has 44 heavy (non-hydrogen) atoms. The van der Waals surface area contributed by atoms with E-state index in [2.05, 4.69) is 21.2 Å². The standard InChI is InChI=1S/C31H34N4O8S/c1-12-6-15-7-17-18(8-32)35-19-9-41-31(39)16(33-14(3)36)10-44-30(22-21(19)29-28(42-11-43-29)13(2)25(22)37)24(35)23(34(17)4)20(15)26(38)27(12)40-5/h6,16-19,23-24,30,37-38H,7,9-11H2,1-5H3,(H,33,36)/t16-,17+,18+,19-,23-,24?,30-/m1/s1. The van der Waals surface area contributed by atoms with Crippen LogP contribution in [0.1, 0.15) is 57.6 Å². The molecule has 7 atom stereocenters. The zero-order valence-electron chi connectivity index (χ0n) is 25.0. The fourth-order valence-corrected chi connectivity index (χ4v) is 9.56. The molecule has 0 aliphatic carbocycles. The first kappa shape index (κ1) is 28.9. The van der Waals surface area contributed by atoms with Crippen LogP contribution < -0.4 is 19.5 Å². The summed E-state index contributed by atoms with van der Waals surface area (Å²) < 4.78 is 23.3. The maximum absolute atomic E-state index is 13.3. The third-order valence-electron chi connectivity index (χ3n) is 9.82. The number of nitrogens with one attached hydrogen (secondary N) is 1. The van der Waals surface area contributed by atoms with Crippen molar-refractivity contribution in [3.63, 3.8) is 0 Å². The van der Waals surface area contributed by atoms with Gasteiger partial charge < -0.3 is 34.5 Å². The molecular weight excluding hydrogens is 588 g/mol. The number of nitriles is 1. The van der Waals surface area contributed by atoms with Gasteiger partial charge in [0, 0.05) is 47.0 Å². The number of cyclic esters (lactones) is 1. The number of hydrogen-bond acceptors (Lipinski definition) is 12. The summed E-state index contributed by atoms with van der Waals surface area (Å²) in [6.45, 7) is 4.83. The number of amides is 1. The summed E-state index contributed by atoms with van der Waals surface area (Å²) in [5, 5.41) is 36.6. The van der Waals surface area contributed by atoms with Crippen molar-refractivity contribution in [3.05, 3.63) is 39.4 Å². The van der Waals surface area contributed by atoms with Crippen LogP contribution >= 0.6 is 11.8 Å². The topological polar surface area (TPSA) is 154 Å². The molecule has 2 aromatic rings. The van der Waals surface area contributed by atoms with Gasteiger partial charge in [-0.1, -0.05) is 6.07 Å². The molecule has 0 radical (unpaired) electrons. The monoisotopic (exact) mass is 622 g/mol. The molecule has 0 spiro atoms. The van der Waals surface area contributed by atoms with Gasteiger partial charge in [0.05, 0.1) is 30.5 Å². The molecule has 3 N–H and O–H groups in total. The predicted octanol–water partition coefficient (Wildman–Crippen LogP) is 2.52. The first-order valence-corrected chi connectivity index (χ1v) is 15.6. The van der Waals surface area contributed by atoms with E-state index in [1.165, 1.54) is 25.8 Å². The Balaban J connectivity index is 1.51. The lowest BCUT2D eigenvalue weighted by Crippen LogP contribution is -2.69. The second-order valence-corrected chi connectivity index (χ2v) is 13.2. The van der Waals surface area contributed by atoms with Crippen molar-refractivity contribution in [1.29, 1.82) is 5.26 Å². The van der Waals surface area contributed by atoms with E-state index in [0.29, 0.717) is 40.4 Å². The third kappa shape index (κ3) is 3.90. The lowest BCUT2D eigenvalue weighted by Gasteiger charge is -2.61. The Labute approximate surface area is 258 Å². The van der Waals surface area contributed by atoms with Crippen molar-refractivity contribution in [2.45, 2.75) is 68.7 Å². The average Bonchev–Trinajstić information content (AvgIpc) is 3.47. The molecule has 5 aliphatic rings. The van der Waals surface area contributed by atoms with Crippen LogP contribution in [0.15, 0.2) is 6.07 Å². The van der Waals surface area contributed by atoms with Crippen LogP contribution in [0.4, 0.5) is 0 Å². The molecular formula is C31H34N4O8S. The SMILES string of the molecule is COc1c(C)cc2c(c1O)[C@@H]1C3[C@@H]4SC[C@@H](NC(C)=O)C(=O)OC[C@H](c5c6c(c(C)c(O)c54)OCO6)N3[C@@H](C#N)[C@H](C2)N1C. The molecule has 13 heteroatoms. The molecule has 0 saturated carbocycles. The van der Waals surface area contributed by atoms with Gasteiger partial charge in [0.2, 0.25) is 12.7 Å². The van der Waals surface area contributed by atoms with Crippen molar-refractivity contribution in [1.82, 2.24) is 15.1 Å². The molecule has 1 unspecified atom stereocenters. The Morgan fingerprint density at radius 2 is 1.91 bits per heavy atom. The second-order valence-electron chi connectivity index (χ2n) is 12.1. The number of piperazine rings is 1. The van der Waals surface area contributed by atoms with Crippen LogP contribution in [0, 0.1) is 25.2 Å². The van der Waals surface area contributed by atoms with Gasteiger partial charge in [0.1, 0.15) is 24.4 Å². The number of phenolic OH excluding ortho intramolecular Hbond substituents is 2. The van der Waals surface area contributed by atoms with Crippen LogP contribution in [0.2, 0.25) is 0 Å². The number of esters is 1. The Bertz CT molecular complexity index is 1640. The highest BCUT2D eigenvalue weighted by molar-refractivity contribution is 7.99. The largest absolute Gasteiger partial charge is 0.507 e. The summed E-state index contributed by atoms with van der Waals surface area (Å²) in [6, 6.07) is 1.22. The van der Waals surface area contributed by atoms with Gasteiger partial charge >= 0.3 is 5.97 Å². The maximum Gasteiger partial charge on any atom is 0.329 e. The average molecular weight is 623 g/mol. The summed E-state index contributed by atoms with van der Waals surface area (Å²) in [7, 11) is 3.49. The number of ether oxygens (including phenoxy) is 4. The molecule has 12 nitrogen and oxygen atoms in total. The van der Waals surface area contributed by atoms with Gasteiger partial charge in [0.25, 0.3) is 0 Å². The van der Waals surface area contributed by atoms with Crippen LogP contribution in [-0.4, -0.2) is 89.4 Å². The van der Waals surface area contributed by atoms with Gasteiger partial charge in [-0.05, 0) is 38.4 Å². The summed E-state index contributed by atoms with van der Waals surface area (Å²) in [4.78, 5) is 29.6. The minimum atomic E-state index is -0.915. The summed E-state index contributed by atoms with van der Waals surface area (Å²) in [5.74, 6) is 0.614. The lowest BCUT2D eigenvalue weighted by atomic mass is 9.71. The maximum atomic E-state index is 13.3. The number of hydrogen-bond donors (Lipinski definition) is 3. The number of likely N-dealkylation sites (N-methyl/N-ethyl adjacent to an activating group) is 1. The zero-order valence-corrected chi connectivity index (χ0v) is 25.9. The van der Waals surface area contributed by atoms with E-state index < -0.39 is 41.4 Å². The number of nitrogens with zero attached hydrogens (tertiary/aromatic N) is 3.